The topological polar surface area (TPSA) is 133 Å². The van der Waals surface area contributed by atoms with Crippen molar-refractivity contribution in [1.29, 1.82) is 0 Å². The molecule has 0 radical (unpaired) electrons. The Kier molecular flexibility index (Phi) is 4.12. The molecule has 3 heterocycles. The number of nitrogen functional groups attached to an aromatic ring is 1. The molecule has 1 aliphatic rings. The van der Waals surface area contributed by atoms with Gasteiger partial charge in [-0.2, -0.15) is 9.67 Å². The summed E-state index contributed by atoms with van der Waals surface area (Å²) < 4.78 is 28.1. The molecule has 11 nitrogen and oxygen atoms in total. The van der Waals surface area contributed by atoms with E-state index in [1.807, 2.05) is 6.07 Å². The van der Waals surface area contributed by atoms with Crippen LogP contribution in [0.1, 0.15) is 0 Å². The quantitative estimate of drug-likeness (QED) is 0.524. The minimum Gasteiger partial charge on any atom is -0.493 e. The number of nitrogens with zero attached hydrogens (tertiary/aromatic N) is 5. The lowest BCUT2D eigenvalue weighted by Crippen LogP contribution is -2.03. The van der Waals surface area contributed by atoms with Gasteiger partial charge in [0.05, 0.1) is 19.9 Å². The molecular formula is C19H16N6O5. The normalized spacial score (nSPS) is 12.2. The fourth-order valence-electron chi connectivity index (χ4n) is 3.06. The molecule has 0 spiro atoms. The fraction of sp³-hybridized carbons (Fsp3) is 0.158. The SMILES string of the molecule is COc1ccc(-n2nnc(-c3nc(-c4ccc5c(c4)OCO5)no3)c2N)cc1OC. The van der Waals surface area contributed by atoms with Crippen molar-refractivity contribution < 1.29 is 23.5 Å². The molecule has 2 N–H and O–H groups in total. The van der Waals surface area contributed by atoms with Crippen LogP contribution in [0.4, 0.5) is 5.82 Å². The summed E-state index contributed by atoms with van der Waals surface area (Å²) in [6.45, 7) is 0.187. The van der Waals surface area contributed by atoms with Crippen LogP contribution in [0.5, 0.6) is 23.0 Å². The zero-order chi connectivity index (χ0) is 20.7. The summed E-state index contributed by atoms with van der Waals surface area (Å²) in [5.74, 6) is 3.17. The van der Waals surface area contributed by atoms with Crippen LogP contribution in [0.2, 0.25) is 0 Å². The molecule has 0 saturated heterocycles. The second-order valence-corrected chi connectivity index (χ2v) is 6.27. The Morgan fingerprint density at radius 3 is 2.67 bits per heavy atom. The van der Waals surface area contributed by atoms with Gasteiger partial charge in [-0.1, -0.05) is 10.4 Å². The van der Waals surface area contributed by atoms with Gasteiger partial charge in [0.25, 0.3) is 5.89 Å². The van der Waals surface area contributed by atoms with Crippen molar-refractivity contribution >= 4 is 5.82 Å². The van der Waals surface area contributed by atoms with Gasteiger partial charge in [-0.25, -0.2) is 0 Å². The number of aromatic nitrogens is 5. The summed E-state index contributed by atoms with van der Waals surface area (Å²) in [7, 11) is 3.11. The summed E-state index contributed by atoms with van der Waals surface area (Å²) in [4.78, 5) is 4.39. The van der Waals surface area contributed by atoms with Crippen LogP contribution < -0.4 is 24.7 Å². The standard InChI is InChI=1S/C19H16N6O5/c1-26-12-6-4-11(8-14(12)27-2)25-17(20)16(22-24-25)19-21-18(23-30-19)10-3-5-13-15(7-10)29-9-28-13/h3-8H,9,20H2,1-2H3. The smallest absolute Gasteiger partial charge is 0.282 e. The van der Waals surface area contributed by atoms with Gasteiger partial charge in [0, 0.05) is 11.6 Å². The Balaban J connectivity index is 1.48. The monoisotopic (exact) mass is 408 g/mol. The Bertz CT molecular complexity index is 1230. The van der Waals surface area contributed by atoms with Gasteiger partial charge in [-0.05, 0) is 30.3 Å². The van der Waals surface area contributed by atoms with Crippen LogP contribution in [0, 0.1) is 0 Å². The number of hydrogen-bond donors (Lipinski definition) is 1. The van der Waals surface area contributed by atoms with Crippen molar-refractivity contribution in [2.45, 2.75) is 0 Å². The lowest BCUT2D eigenvalue weighted by Gasteiger charge is -2.09. The van der Waals surface area contributed by atoms with Crippen LogP contribution in [0.25, 0.3) is 28.7 Å². The van der Waals surface area contributed by atoms with Crippen molar-refractivity contribution in [3.8, 4) is 51.7 Å². The van der Waals surface area contributed by atoms with Crippen LogP contribution in [0.15, 0.2) is 40.9 Å². The first-order valence-electron chi connectivity index (χ1n) is 8.85. The van der Waals surface area contributed by atoms with Gasteiger partial charge in [-0.15, -0.1) is 5.10 Å². The lowest BCUT2D eigenvalue weighted by molar-refractivity contribution is 0.174. The van der Waals surface area contributed by atoms with E-state index in [4.69, 9.17) is 29.2 Å². The fourth-order valence-corrected chi connectivity index (χ4v) is 3.06. The van der Waals surface area contributed by atoms with Crippen LogP contribution in [-0.2, 0) is 0 Å². The molecule has 11 heteroatoms. The zero-order valence-electron chi connectivity index (χ0n) is 16.0. The molecular weight excluding hydrogens is 392 g/mol. The van der Waals surface area contributed by atoms with Crippen molar-refractivity contribution in [2.75, 3.05) is 26.7 Å². The van der Waals surface area contributed by atoms with Gasteiger partial charge in [0.2, 0.25) is 12.6 Å². The van der Waals surface area contributed by atoms with Crippen LogP contribution in [-0.4, -0.2) is 46.1 Å². The maximum Gasteiger partial charge on any atom is 0.282 e. The van der Waals surface area contributed by atoms with Gasteiger partial charge >= 0.3 is 0 Å². The van der Waals surface area contributed by atoms with Gasteiger partial charge < -0.3 is 29.2 Å². The summed E-state index contributed by atoms with van der Waals surface area (Å²) in [6, 6.07) is 10.6. The Morgan fingerprint density at radius 2 is 1.83 bits per heavy atom. The van der Waals surface area contributed by atoms with Crippen molar-refractivity contribution in [2.24, 2.45) is 0 Å². The van der Waals surface area contributed by atoms with Crippen LogP contribution >= 0.6 is 0 Å². The molecule has 2 aromatic carbocycles. The predicted molar refractivity (Wildman–Crippen MR) is 104 cm³/mol. The molecule has 152 valence electrons. The summed E-state index contributed by atoms with van der Waals surface area (Å²) >= 11 is 0. The van der Waals surface area contributed by atoms with Gasteiger partial charge in [0.1, 0.15) is 0 Å². The van der Waals surface area contributed by atoms with Crippen LogP contribution in [0.3, 0.4) is 0 Å². The highest BCUT2D eigenvalue weighted by atomic mass is 16.7. The van der Waals surface area contributed by atoms with Crippen molar-refractivity contribution in [3.05, 3.63) is 36.4 Å². The minimum absolute atomic E-state index is 0.145. The van der Waals surface area contributed by atoms with E-state index in [0.29, 0.717) is 40.1 Å². The van der Waals surface area contributed by atoms with E-state index in [1.54, 1.807) is 44.6 Å². The average Bonchev–Trinajstić information content (AvgIpc) is 3.52. The third kappa shape index (κ3) is 2.83. The molecule has 0 saturated carbocycles. The van der Waals surface area contributed by atoms with E-state index in [9.17, 15) is 0 Å². The molecule has 0 aliphatic carbocycles. The Hall–Kier alpha value is -4.28. The molecule has 0 amide bonds. The number of benzene rings is 2. The van der Waals surface area contributed by atoms with Crippen molar-refractivity contribution in [1.82, 2.24) is 25.1 Å². The highest BCUT2D eigenvalue weighted by Crippen LogP contribution is 2.36. The summed E-state index contributed by atoms with van der Waals surface area (Å²) in [5, 5.41) is 12.2. The minimum atomic E-state index is 0.145. The second-order valence-electron chi connectivity index (χ2n) is 6.27. The largest absolute Gasteiger partial charge is 0.493 e. The first-order valence-corrected chi connectivity index (χ1v) is 8.85. The molecule has 0 atom stereocenters. The number of anilines is 1. The van der Waals surface area contributed by atoms with Gasteiger partial charge in [0.15, 0.2) is 34.5 Å². The molecule has 1 aliphatic heterocycles. The number of methoxy groups -OCH3 is 2. The molecule has 4 aromatic rings. The summed E-state index contributed by atoms with van der Waals surface area (Å²) in [6.07, 6.45) is 0. The van der Waals surface area contributed by atoms with Crippen molar-refractivity contribution in [3.63, 3.8) is 0 Å². The van der Waals surface area contributed by atoms with E-state index in [0.717, 1.165) is 0 Å². The van der Waals surface area contributed by atoms with E-state index < -0.39 is 0 Å². The highest BCUT2D eigenvalue weighted by molar-refractivity contribution is 5.68. The lowest BCUT2D eigenvalue weighted by atomic mass is 10.2. The highest BCUT2D eigenvalue weighted by Gasteiger charge is 2.22. The molecule has 0 fully saturated rings. The average molecular weight is 408 g/mol. The molecule has 30 heavy (non-hydrogen) atoms. The number of fused-ring (bicyclic) bond motifs is 1. The van der Waals surface area contributed by atoms with E-state index in [2.05, 4.69) is 20.5 Å². The first-order chi connectivity index (χ1) is 14.7. The number of nitrogens with two attached hydrogens (primary N) is 1. The summed E-state index contributed by atoms with van der Waals surface area (Å²) in [5.41, 5.74) is 7.87. The first kappa shape index (κ1) is 17.8. The van der Waals surface area contributed by atoms with Gasteiger partial charge in [-0.3, -0.25) is 0 Å². The predicted octanol–water partition coefficient (Wildman–Crippen LogP) is 2.31. The number of hydrogen-bond acceptors (Lipinski definition) is 10. The second kappa shape index (κ2) is 6.95. The van der Waals surface area contributed by atoms with E-state index in [1.165, 1.54) is 4.68 Å². The third-order valence-corrected chi connectivity index (χ3v) is 4.58. The van der Waals surface area contributed by atoms with E-state index in [-0.39, 0.29) is 24.2 Å². The maximum absolute atomic E-state index is 6.25. The third-order valence-electron chi connectivity index (χ3n) is 4.58. The Morgan fingerprint density at radius 1 is 1.00 bits per heavy atom. The Labute approximate surface area is 169 Å². The molecule has 0 bridgehead atoms. The number of rotatable bonds is 5. The maximum atomic E-state index is 6.25. The number of ether oxygens (including phenoxy) is 4. The zero-order valence-corrected chi connectivity index (χ0v) is 16.0. The van der Waals surface area contributed by atoms with E-state index >= 15 is 0 Å². The molecule has 0 unspecified atom stereocenters. The molecule has 2 aromatic heterocycles. The molecule has 5 rings (SSSR count).